The molecule has 1 rings (SSSR count). The average molecular weight is 298 g/mol. The molecule has 0 radical (unpaired) electrons. The van der Waals surface area contributed by atoms with Crippen LogP contribution in [-0.2, 0) is 23.1 Å². The number of urea groups is 1. The highest BCUT2D eigenvalue weighted by Crippen LogP contribution is 2.13. The first kappa shape index (κ1) is 16.5. The Morgan fingerprint density at radius 3 is 2.57 bits per heavy atom. The number of aromatic nitrogens is 2. The van der Waals surface area contributed by atoms with E-state index < -0.39 is 24.0 Å². The van der Waals surface area contributed by atoms with Gasteiger partial charge in [0, 0.05) is 19.7 Å². The van der Waals surface area contributed by atoms with Crippen LogP contribution in [0.1, 0.15) is 25.5 Å². The summed E-state index contributed by atoms with van der Waals surface area (Å²) in [6.07, 6.45) is 1.68. The molecule has 0 bridgehead atoms. The summed E-state index contributed by atoms with van der Waals surface area (Å²) in [6, 6.07) is -1.97. The van der Waals surface area contributed by atoms with E-state index in [1.54, 1.807) is 13.2 Å². The van der Waals surface area contributed by atoms with E-state index in [0.717, 1.165) is 0 Å². The van der Waals surface area contributed by atoms with Crippen LogP contribution in [0.2, 0.25) is 0 Å². The summed E-state index contributed by atoms with van der Waals surface area (Å²) < 4.78 is 1.54. The molecule has 0 aliphatic rings. The summed E-state index contributed by atoms with van der Waals surface area (Å²) in [7, 11) is 1.70. The molecule has 1 heterocycles. The summed E-state index contributed by atoms with van der Waals surface area (Å²) in [5.74, 6) is -2.41. The monoisotopic (exact) mass is 298 g/mol. The van der Waals surface area contributed by atoms with Gasteiger partial charge in [-0.25, -0.2) is 9.59 Å². The number of nitrogens with one attached hydrogen (secondary N) is 2. The van der Waals surface area contributed by atoms with Crippen LogP contribution in [-0.4, -0.2) is 44.0 Å². The van der Waals surface area contributed by atoms with Crippen LogP contribution in [0.5, 0.6) is 0 Å². The molecule has 0 aromatic carbocycles. The van der Waals surface area contributed by atoms with Gasteiger partial charge < -0.3 is 20.8 Å². The predicted octanol–water partition coefficient (Wildman–Crippen LogP) is 0.422. The Morgan fingerprint density at radius 1 is 1.38 bits per heavy atom. The molecule has 4 N–H and O–H groups in total. The van der Waals surface area contributed by atoms with Crippen LogP contribution in [0, 0.1) is 0 Å². The van der Waals surface area contributed by atoms with Crippen molar-refractivity contribution >= 4 is 23.7 Å². The van der Waals surface area contributed by atoms with Crippen molar-refractivity contribution in [3.63, 3.8) is 0 Å². The van der Waals surface area contributed by atoms with Gasteiger partial charge in [0.05, 0.1) is 11.4 Å². The Balaban J connectivity index is 2.65. The predicted molar refractivity (Wildman–Crippen MR) is 73.0 cm³/mol. The molecular weight excluding hydrogens is 280 g/mol. The molecule has 116 valence electrons. The standard InChI is InChI=1S/C12H18N4O5/c1-3-7-9(6-16(2)15-7)14-12(21)13-8(11(19)20)4-5-10(17)18/h6,8H,3-5H2,1-2H3,(H,17,18)(H,19,20)(H2,13,14,21)/t8-/m0/s1. The van der Waals surface area contributed by atoms with Gasteiger partial charge in [0.15, 0.2) is 0 Å². The zero-order chi connectivity index (χ0) is 16.0. The van der Waals surface area contributed by atoms with E-state index >= 15 is 0 Å². The Kier molecular flexibility index (Phi) is 5.70. The molecule has 2 amide bonds. The second-order valence-corrected chi connectivity index (χ2v) is 4.44. The van der Waals surface area contributed by atoms with Crippen molar-refractivity contribution in [1.29, 1.82) is 0 Å². The third-order valence-electron chi connectivity index (χ3n) is 2.74. The van der Waals surface area contributed by atoms with Crippen LogP contribution in [0.15, 0.2) is 6.20 Å². The minimum absolute atomic E-state index is 0.189. The number of amides is 2. The molecule has 1 atom stereocenters. The lowest BCUT2D eigenvalue weighted by Gasteiger charge is -2.14. The van der Waals surface area contributed by atoms with E-state index in [-0.39, 0.29) is 12.8 Å². The van der Waals surface area contributed by atoms with Crippen molar-refractivity contribution < 1.29 is 24.6 Å². The zero-order valence-electron chi connectivity index (χ0n) is 11.8. The van der Waals surface area contributed by atoms with Gasteiger partial charge in [-0.1, -0.05) is 6.92 Å². The molecule has 0 saturated carbocycles. The zero-order valence-corrected chi connectivity index (χ0v) is 11.8. The van der Waals surface area contributed by atoms with E-state index in [9.17, 15) is 14.4 Å². The van der Waals surface area contributed by atoms with E-state index in [2.05, 4.69) is 15.7 Å². The van der Waals surface area contributed by atoms with E-state index in [1.807, 2.05) is 6.92 Å². The number of hydrogen-bond acceptors (Lipinski definition) is 4. The molecule has 0 spiro atoms. The minimum Gasteiger partial charge on any atom is -0.481 e. The lowest BCUT2D eigenvalue weighted by atomic mass is 10.1. The summed E-state index contributed by atoms with van der Waals surface area (Å²) in [6.45, 7) is 1.87. The molecule has 9 heteroatoms. The number of carbonyl (C=O) groups is 3. The lowest BCUT2D eigenvalue weighted by molar-refractivity contribution is -0.140. The molecule has 21 heavy (non-hydrogen) atoms. The minimum atomic E-state index is -1.28. The lowest BCUT2D eigenvalue weighted by Crippen LogP contribution is -2.43. The molecule has 1 aromatic heterocycles. The van der Waals surface area contributed by atoms with E-state index in [0.29, 0.717) is 17.8 Å². The van der Waals surface area contributed by atoms with E-state index in [4.69, 9.17) is 10.2 Å². The first-order valence-corrected chi connectivity index (χ1v) is 6.38. The maximum atomic E-state index is 11.8. The van der Waals surface area contributed by atoms with Crippen molar-refractivity contribution in [2.24, 2.45) is 7.05 Å². The molecule has 0 aliphatic heterocycles. The van der Waals surface area contributed by atoms with Crippen molar-refractivity contribution in [2.45, 2.75) is 32.2 Å². The molecule has 1 aromatic rings. The summed E-state index contributed by atoms with van der Waals surface area (Å²) in [5, 5.41) is 26.4. The van der Waals surface area contributed by atoms with Gasteiger partial charge in [-0.05, 0) is 12.8 Å². The third-order valence-corrected chi connectivity index (χ3v) is 2.74. The second kappa shape index (κ2) is 7.27. The SMILES string of the molecule is CCc1nn(C)cc1NC(=O)N[C@@H](CCC(=O)O)C(=O)O. The number of anilines is 1. The summed E-state index contributed by atoms with van der Waals surface area (Å²) in [5.41, 5.74) is 1.16. The van der Waals surface area contributed by atoms with Crippen LogP contribution in [0.4, 0.5) is 10.5 Å². The Labute approximate surface area is 120 Å². The summed E-state index contributed by atoms with van der Waals surface area (Å²) in [4.78, 5) is 33.2. The number of nitrogens with zero attached hydrogens (tertiary/aromatic N) is 2. The van der Waals surface area contributed by atoms with Crippen LogP contribution >= 0.6 is 0 Å². The highest BCUT2D eigenvalue weighted by atomic mass is 16.4. The van der Waals surface area contributed by atoms with Crippen LogP contribution in [0.25, 0.3) is 0 Å². The molecular formula is C12H18N4O5. The van der Waals surface area contributed by atoms with Crippen molar-refractivity contribution in [3.05, 3.63) is 11.9 Å². The van der Waals surface area contributed by atoms with Gasteiger partial charge in [-0.15, -0.1) is 0 Å². The number of hydrogen-bond donors (Lipinski definition) is 4. The number of aryl methyl sites for hydroxylation is 2. The van der Waals surface area contributed by atoms with Crippen LogP contribution in [0.3, 0.4) is 0 Å². The molecule has 0 unspecified atom stereocenters. The van der Waals surface area contributed by atoms with Crippen molar-refractivity contribution in [1.82, 2.24) is 15.1 Å². The highest BCUT2D eigenvalue weighted by Gasteiger charge is 2.21. The number of carboxylic acids is 2. The topological polar surface area (TPSA) is 134 Å². The Morgan fingerprint density at radius 2 is 2.05 bits per heavy atom. The maximum absolute atomic E-state index is 11.8. The summed E-state index contributed by atoms with van der Waals surface area (Å²) >= 11 is 0. The van der Waals surface area contributed by atoms with Gasteiger partial charge >= 0.3 is 18.0 Å². The first-order valence-electron chi connectivity index (χ1n) is 6.38. The smallest absolute Gasteiger partial charge is 0.326 e. The second-order valence-electron chi connectivity index (χ2n) is 4.44. The fraction of sp³-hybridized carbons (Fsp3) is 0.500. The Bertz CT molecular complexity index is 540. The number of rotatable bonds is 7. The van der Waals surface area contributed by atoms with Crippen molar-refractivity contribution in [2.75, 3.05) is 5.32 Å². The van der Waals surface area contributed by atoms with E-state index in [1.165, 1.54) is 4.68 Å². The fourth-order valence-electron chi connectivity index (χ4n) is 1.74. The quantitative estimate of drug-likeness (QED) is 0.576. The molecule has 0 aliphatic carbocycles. The average Bonchev–Trinajstić information content (AvgIpc) is 2.73. The highest BCUT2D eigenvalue weighted by molar-refractivity contribution is 5.92. The van der Waals surface area contributed by atoms with Crippen LogP contribution < -0.4 is 10.6 Å². The first-order chi connectivity index (χ1) is 9.83. The van der Waals surface area contributed by atoms with Gasteiger partial charge in [-0.3, -0.25) is 9.48 Å². The molecule has 9 nitrogen and oxygen atoms in total. The Hall–Kier alpha value is -2.58. The largest absolute Gasteiger partial charge is 0.481 e. The van der Waals surface area contributed by atoms with Crippen molar-refractivity contribution in [3.8, 4) is 0 Å². The fourth-order valence-corrected chi connectivity index (χ4v) is 1.74. The number of carboxylic acid groups (broad SMARTS) is 2. The number of aliphatic carboxylic acids is 2. The maximum Gasteiger partial charge on any atom is 0.326 e. The van der Waals surface area contributed by atoms with Gasteiger partial charge in [0.2, 0.25) is 0 Å². The number of carbonyl (C=O) groups excluding carboxylic acids is 1. The molecule has 0 fully saturated rings. The van der Waals surface area contributed by atoms with Gasteiger partial charge in [-0.2, -0.15) is 5.10 Å². The van der Waals surface area contributed by atoms with Gasteiger partial charge in [0.1, 0.15) is 6.04 Å². The van der Waals surface area contributed by atoms with Gasteiger partial charge in [0.25, 0.3) is 0 Å². The molecule has 0 saturated heterocycles. The third kappa shape index (κ3) is 5.13. The normalized spacial score (nSPS) is 11.7.